The van der Waals surface area contributed by atoms with E-state index in [-0.39, 0.29) is 0 Å². The van der Waals surface area contributed by atoms with Crippen LogP contribution in [0.2, 0.25) is 0 Å². The summed E-state index contributed by atoms with van der Waals surface area (Å²) in [6.07, 6.45) is 11.0. The maximum atomic E-state index is 11.9. The van der Waals surface area contributed by atoms with Gasteiger partial charge in [0.15, 0.2) is 0 Å². The third-order valence-corrected chi connectivity index (χ3v) is 6.76. The number of nitrogens with zero attached hydrogens (tertiary/aromatic N) is 5. The zero-order valence-corrected chi connectivity index (χ0v) is 17.9. The lowest BCUT2D eigenvalue weighted by molar-refractivity contribution is -0.132. The molecule has 0 radical (unpaired) electrons. The molecule has 3 aliphatic heterocycles. The minimum Gasteiger partial charge on any atom is -0.356 e. The number of hydrogen-bond acceptors (Lipinski definition) is 6. The van der Waals surface area contributed by atoms with Crippen molar-refractivity contribution < 1.29 is 4.79 Å². The molecule has 4 rings (SSSR count). The molecule has 7 heteroatoms. The minimum atomic E-state index is 0.297. The summed E-state index contributed by atoms with van der Waals surface area (Å²) in [4.78, 5) is 28.2. The van der Waals surface area contributed by atoms with Gasteiger partial charge in [0.2, 0.25) is 11.9 Å². The number of nitrogens with one attached hydrogen (secondary N) is 1. The van der Waals surface area contributed by atoms with Gasteiger partial charge in [-0.3, -0.25) is 9.69 Å². The fourth-order valence-corrected chi connectivity index (χ4v) is 5.02. The van der Waals surface area contributed by atoms with Crippen LogP contribution in [0.4, 0.5) is 11.8 Å². The van der Waals surface area contributed by atoms with Gasteiger partial charge in [0.05, 0.1) is 0 Å². The smallest absolute Gasteiger partial charge is 0.224 e. The van der Waals surface area contributed by atoms with Crippen molar-refractivity contribution in [1.82, 2.24) is 19.8 Å². The molecular weight excluding hydrogens is 364 g/mol. The Morgan fingerprint density at radius 2 is 1.83 bits per heavy atom. The maximum absolute atomic E-state index is 11.9. The number of anilines is 2. The van der Waals surface area contributed by atoms with Gasteiger partial charge in [-0.1, -0.05) is 19.8 Å². The van der Waals surface area contributed by atoms with E-state index in [0.717, 1.165) is 70.3 Å². The number of piperidine rings is 1. The Morgan fingerprint density at radius 3 is 2.55 bits per heavy atom. The molecule has 29 heavy (non-hydrogen) atoms. The summed E-state index contributed by atoms with van der Waals surface area (Å²) in [5.41, 5.74) is 0. The van der Waals surface area contributed by atoms with Gasteiger partial charge >= 0.3 is 0 Å². The van der Waals surface area contributed by atoms with E-state index in [4.69, 9.17) is 4.98 Å². The fraction of sp³-hybridized carbons (Fsp3) is 0.773. The van der Waals surface area contributed by atoms with Crippen molar-refractivity contribution in [3.63, 3.8) is 0 Å². The van der Waals surface area contributed by atoms with Crippen molar-refractivity contribution in [3.8, 4) is 0 Å². The lowest BCUT2D eigenvalue weighted by Gasteiger charge is -2.36. The van der Waals surface area contributed by atoms with Gasteiger partial charge in [-0.25, -0.2) is 4.98 Å². The van der Waals surface area contributed by atoms with Crippen LogP contribution in [0.3, 0.4) is 0 Å². The van der Waals surface area contributed by atoms with Crippen LogP contribution in [0, 0.1) is 0 Å². The van der Waals surface area contributed by atoms with Crippen molar-refractivity contribution >= 4 is 17.7 Å². The monoisotopic (exact) mass is 400 g/mol. The van der Waals surface area contributed by atoms with Crippen LogP contribution in [-0.2, 0) is 4.79 Å². The number of hydrogen-bond donors (Lipinski definition) is 1. The predicted octanol–water partition coefficient (Wildman–Crippen LogP) is 2.74. The lowest BCUT2D eigenvalue weighted by Crippen LogP contribution is -2.46. The van der Waals surface area contributed by atoms with E-state index in [2.05, 4.69) is 20.1 Å². The number of carbonyl (C=O) groups excluding carboxylic acids is 1. The van der Waals surface area contributed by atoms with E-state index >= 15 is 0 Å². The zero-order chi connectivity index (χ0) is 20.1. The highest BCUT2D eigenvalue weighted by Crippen LogP contribution is 2.24. The van der Waals surface area contributed by atoms with E-state index in [1.165, 1.54) is 25.7 Å². The molecule has 0 aromatic carbocycles. The summed E-state index contributed by atoms with van der Waals surface area (Å²) < 4.78 is 0. The van der Waals surface area contributed by atoms with Gasteiger partial charge < -0.3 is 15.1 Å². The average molecular weight is 401 g/mol. The number of amides is 1. The van der Waals surface area contributed by atoms with E-state index in [0.29, 0.717) is 24.4 Å². The van der Waals surface area contributed by atoms with E-state index in [1.807, 2.05) is 24.1 Å². The summed E-state index contributed by atoms with van der Waals surface area (Å²) in [6.45, 7) is 8.15. The van der Waals surface area contributed by atoms with Crippen LogP contribution in [-0.4, -0.2) is 77.0 Å². The van der Waals surface area contributed by atoms with Gasteiger partial charge in [0, 0.05) is 64.0 Å². The molecule has 4 heterocycles. The van der Waals surface area contributed by atoms with Crippen molar-refractivity contribution in [3.05, 3.63) is 12.3 Å². The first-order valence-electron chi connectivity index (χ1n) is 11.6. The third-order valence-electron chi connectivity index (χ3n) is 6.76. The topological polar surface area (TPSA) is 64.6 Å². The van der Waals surface area contributed by atoms with Gasteiger partial charge in [0.25, 0.3) is 0 Å². The Morgan fingerprint density at radius 1 is 1.07 bits per heavy atom. The first-order valence-corrected chi connectivity index (χ1v) is 11.6. The molecule has 0 saturated carbocycles. The first-order chi connectivity index (χ1) is 14.2. The van der Waals surface area contributed by atoms with Crippen molar-refractivity contribution in [1.29, 1.82) is 0 Å². The van der Waals surface area contributed by atoms with E-state index < -0.39 is 0 Å². The summed E-state index contributed by atoms with van der Waals surface area (Å²) in [5, 5.41) is 3.59. The molecule has 0 bridgehead atoms. The lowest BCUT2D eigenvalue weighted by atomic mass is 10.0. The number of rotatable bonds is 5. The van der Waals surface area contributed by atoms with Crippen LogP contribution in [0.1, 0.15) is 58.3 Å². The molecule has 3 fully saturated rings. The second-order valence-electron chi connectivity index (χ2n) is 8.73. The SMILES string of the molecule is CCC(=O)N1CCC(N2CCC(Nc3nccc(N4CCCCCC4)n3)C2)CC1. The maximum Gasteiger partial charge on any atom is 0.224 e. The molecule has 1 aromatic heterocycles. The van der Waals surface area contributed by atoms with Crippen molar-refractivity contribution in [2.45, 2.75) is 70.4 Å². The third kappa shape index (κ3) is 5.18. The van der Waals surface area contributed by atoms with Crippen LogP contribution < -0.4 is 10.2 Å². The Balaban J connectivity index is 1.28. The van der Waals surface area contributed by atoms with Gasteiger partial charge in [-0.05, 0) is 38.2 Å². The second kappa shape index (κ2) is 9.74. The minimum absolute atomic E-state index is 0.297. The van der Waals surface area contributed by atoms with Crippen LogP contribution in [0.5, 0.6) is 0 Å². The Kier molecular flexibility index (Phi) is 6.85. The molecule has 0 spiro atoms. The summed E-state index contributed by atoms with van der Waals surface area (Å²) in [5.74, 6) is 2.13. The molecular formula is C22H36N6O. The molecule has 3 saturated heterocycles. The van der Waals surface area contributed by atoms with Gasteiger partial charge in [-0.15, -0.1) is 0 Å². The molecule has 3 aliphatic rings. The highest BCUT2D eigenvalue weighted by Gasteiger charge is 2.31. The molecule has 1 N–H and O–H groups in total. The Labute approximate surface area is 174 Å². The predicted molar refractivity (Wildman–Crippen MR) is 116 cm³/mol. The van der Waals surface area contributed by atoms with Crippen LogP contribution in [0.15, 0.2) is 12.3 Å². The number of aromatic nitrogens is 2. The van der Waals surface area contributed by atoms with Crippen LogP contribution in [0.25, 0.3) is 0 Å². The Bertz CT molecular complexity index is 667. The fourth-order valence-electron chi connectivity index (χ4n) is 5.02. The van der Waals surface area contributed by atoms with Gasteiger partial charge in [-0.2, -0.15) is 4.98 Å². The molecule has 160 valence electrons. The number of carbonyl (C=O) groups is 1. The summed E-state index contributed by atoms with van der Waals surface area (Å²) in [7, 11) is 0. The van der Waals surface area contributed by atoms with Crippen molar-refractivity contribution in [2.75, 3.05) is 49.5 Å². The largest absolute Gasteiger partial charge is 0.356 e. The Hall–Kier alpha value is -1.89. The molecule has 0 aliphatic carbocycles. The zero-order valence-electron chi connectivity index (χ0n) is 17.9. The van der Waals surface area contributed by atoms with E-state index in [1.54, 1.807) is 0 Å². The quantitative estimate of drug-likeness (QED) is 0.820. The molecule has 1 amide bonds. The second-order valence-corrected chi connectivity index (χ2v) is 8.73. The van der Waals surface area contributed by atoms with E-state index in [9.17, 15) is 4.79 Å². The average Bonchev–Trinajstić information content (AvgIpc) is 3.05. The number of likely N-dealkylation sites (tertiary alicyclic amines) is 2. The standard InChI is InChI=1S/C22H36N6O/c1-2-21(29)27-15-9-19(10-16-27)28-14-8-18(17-28)24-22-23-11-7-20(25-22)26-12-5-3-4-6-13-26/h7,11,18-19H,2-6,8-10,12-17H2,1H3,(H,23,24,25). The molecule has 1 atom stereocenters. The normalized spacial score (nSPS) is 24.5. The highest BCUT2D eigenvalue weighted by atomic mass is 16.2. The van der Waals surface area contributed by atoms with Gasteiger partial charge in [0.1, 0.15) is 5.82 Å². The molecule has 1 aromatic rings. The van der Waals surface area contributed by atoms with Crippen LogP contribution >= 0.6 is 0 Å². The molecule has 1 unspecified atom stereocenters. The molecule has 7 nitrogen and oxygen atoms in total. The summed E-state index contributed by atoms with van der Waals surface area (Å²) in [6, 6.07) is 3.06. The van der Waals surface area contributed by atoms with Crippen molar-refractivity contribution in [2.24, 2.45) is 0 Å². The summed E-state index contributed by atoms with van der Waals surface area (Å²) >= 11 is 0. The first kappa shape index (κ1) is 20.4. The highest BCUT2D eigenvalue weighted by molar-refractivity contribution is 5.75.